The number of methoxy groups -OCH3 is 1. The summed E-state index contributed by atoms with van der Waals surface area (Å²) in [6.07, 6.45) is 4.17. The van der Waals surface area contributed by atoms with Gasteiger partial charge in [-0.1, -0.05) is 0 Å². The first-order valence-corrected chi connectivity index (χ1v) is 11.0. The molecule has 0 spiro atoms. The van der Waals surface area contributed by atoms with Crippen LogP contribution in [0.25, 0.3) is 10.9 Å². The van der Waals surface area contributed by atoms with Crippen LogP contribution in [0.1, 0.15) is 25.7 Å². The molecule has 1 saturated carbocycles. The van der Waals surface area contributed by atoms with Crippen LogP contribution in [0.3, 0.4) is 0 Å². The van der Waals surface area contributed by atoms with Gasteiger partial charge in [0.1, 0.15) is 25.2 Å². The SMILES string of the molecule is COCCOc1ccc2ncnc(Nc3ccc(NC(=O)CC(=O)NC4CCC4)cc3)c2c1F. The number of carbonyl (C=O) groups is 2. The molecule has 1 aliphatic carbocycles. The second-order valence-corrected chi connectivity index (χ2v) is 7.96. The molecule has 2 amide bonds. The molecule has 1 aromatic heterocycles. The molecule has 9 nitrogen and oxygen atoms in total. The maximum atomic E-state index is 15.1. The zero-order valence-corrected chi connectivity index (χ0v) is 18.8. The van der Waals surface area contributed by atoms with Crippen molar-refractivity contribution in [1.82, 2.24) is 15.3 Å². The van der Waals surface area contributed by atoms with Gasteiger partial charge in [0.05, 0.1) is 17.5 Å². The van der Waals surface area contributed by atoms with Crippen LogP contribution in [-0.2, 0) is 14.3 Å². The van der Waals surface area contributed by atoms with Gasteiger partial charge in [0.25, 0.3) is 0 Å². The first-order valence-electron chi connectivity index (χ1n) is 11.0. The Bertz CT molecular complexity index is 1170. The molecule has 0 atom stereocenters. The number of rotatable bonds is 10. The van der Waals surface area contributed by atoms with Crippen LogP contribution in [0.2, 0.25) is 0 Å². The lowest BCUT2D eigenvalue weighted by molar-refractivity contribution is -0.127. The Morgan fingerprint density at radius 3 is 2.50 bits per heavy atom. The smallest absolute Gasteiger partial charge is 0.233 e. The molecule has 1 fully saturated rings. The van der Waals surface area contributed by atoms with Crippen molar-refractivity contribution >= 4 is 39.9 Å². The van der Waals surface area contributed by atoms with E-state index < -0.39 is 5.82 Å². The van der Waals surface area contributed by atoms with Crippen LogP contribution in [0.5, 0.6) is 5.75 Å². The zero-order valence-electron chi connectivity index (χ0n) is 18.8. The van der Waals surface area contributed by atoms with Crippen molar-refractivity contribution in [3.63, 3.8) is 0 Å². The highest BCUT2D eigenvalue weighted by Gasteiger charge is 2.20. The van der Waals surface area contributed by atoms with Gasteiger partial charge in [0, 0.05) is 24.5 Å². The number of anilines is 3. The number of ether oxygens (including phenoxy) is 2. The number of hydrogen-bond donors (Lipinski definition) is 3. The number of aromatic nitrogens is 2. The highest BCUT2D eigenvalue weighted by molar-refractivity contribution is 6.03. The van der Waals surface area contributed by atoms with Gasteiger partial charge in [-0.3, -0.25) is 9.59 Å². The highest BCUT2D eigenvalue weighted by atomic mass is 19.1. The van der Waals surface area contributed by atoms with Crippen LogP contribution in [0.4, 0.5) is 21.6 Å². The summed E-state index contributed by atoms with van der Waals surface area (Å²) in [5.74, 6) is -0.863. The van der Waals surface area contributed by atoms with Gasteiger partial charge in [-0.05, 0) is 55.7 Å². The Hall–Kier alpha value is -3.79. The van der Waals surface area contributed by atoms with Crippen molar-refractivity contribution in [2.24, 2.45) is 0 Å². The summed E-state index contributed by atoms with van der Waals surface area (Å²) in [5, 5.41) is 8.83. The second kappa shape index (κ2) is 10.9. The third-order valence-electron chi connectivity index (χ3n) is 5.47. The van der Waals surface area contributed by atoms with E-state index in [0.29, 0.717) is 23.5 Å². The van der Waals surface area contributed by atoms with Gasteiger partial charge in [0.15, 0.2) is 11.6 Å². The van der Waals surface area contributed by atoms with Crippen LogP contribution in [0.15, 0.2) is 42.7 Å². The van der Waals surface area contributed by atoms with E-state index in [4.69, 9.17) is 9.47 Å². The average Bonchev–Trinajstić information content (AvgIpc) is 2.79. The first-order chi connectivity index (χ1) is 16.5. The molecule has 3 N–H and O–H groups in total. The molecule has 2 aromatic carbocycles. The lowest BCUT2D eigenvalue weighted by Gasteiger charge is -2.26. The Labute approximate surface area is 196 Å². The maximum absolute atomic E-state index is 15.1. The minimum Gasteiger partial charge on any atom is -0.488 e. The molecular weight excluding hydrogens is 441 g/mol. The third kappa shape index (κ3) is 5.76. The summed E-state index contributed by atoms with van der Waals surface area (Å²) in [6.45, 7) is 0.548. The number of fused-ring (bicyclic) bond motifs is 1. The number of carbonyl (C=O) groups excluding carboxylic acids is 2. The van der Waals surface area contributed by atoms with Gasteiger partial charge in [-0.2, -0.15) is 0 Å². The Balaban J connectivity index is 1.41. The topological polar surface area (TPSA) is 114 Å². The number of amides is 2. The maximum Gasteiger partial charge on any atom is 0.233 e. The molecule has 0 aliphatic heterocycles. The lowest BCUT2D eigenvalue weighted by atomic mass is 9.93. The molecule has 4 rings (SSSR count). The Morgan fingerprint density at radius 1 is 1.03 bits per heavy atom. The largest absolute Gasteiger partial charge is 0.488 e. The fraction of sp³-hybridized carbons (Fsp3) is 0.333. The summed E-state index contributed by atoms with van der Waals surface area (Å²) >= 11 is 0. The van der Waals surface area contributed by atoms with Crippen LogP contribution in [0, 0.1) is 5.82 Å². The van der Waals surface area contributed by atoms with Crippen molar-refractivity contribution in [3.8, 4) is 5.75 Å². The molecule has 0 saturated heterocycles. The lowest BCUT2D eigenvalue weighted by Crippen LogP contribution is -2.40. The predicted molar refractivity (Wildman–Crippen MR) is 126 cm³/mol. The molecule has 0 radical (unpaired) electrons. The molecule has 178 valence electrons. The number of benzene rings is 2. The van der Waals surface area contributed by atoms with Gasteiger partial charge < -0.3 is 25.4 Å². The van der Waals surface area contributed by atoms with E-state index in [2.05, 4.69) is 25.9 Å². The standard InChI is InChI=1S/C24H26FN5O4/c1-33-11-12-34-19-10-9-18-22(23(19)25)24(27-14-26-18)30-17-7-5-16(6-8-17)29-21(32)13-20(31)28-15-3-2-4-15/h5-10,14-15H,2-4,11-13H2,1H3,(H,28,31)(H,29,32)(H,26,27,30). The van der Waals surface area contributed by atoms with E-state index in [1.54, 1.807) is 37.4 Å². The molecule has 0 unspecified atom stereocenters. The van der Waals surface area contributed by atoms with E-state index in [-0.39, 0.29) is 47.8 Å². The van der Waals surface area contributed by atoms with Crippen LogP contribution in [-0.4, -0.2) is 48.1 Å². The summed E-state index contributed by atoms with van der Waals surface area (Å²) < 4.78 is 25.5. The Kier molecular flexibility index (Phi) is 7.48. The fourth-order valence-electron chi connectivity index (χ4n) is 3.49. The van der Waals surface area contributed by atoms with Gasteiger partial charge >= 0.3 is 0 Å². The molecular formula is C24H26FN5O4. The zero-order chi connectivity index (χ0) is 23.9. The number of halogens is 1. The van der Waals surface area contributed by atoms with E-state index in [1.807, 2.05) is 0 Å². The number of hydrogen-bond acceptors (Lipinski definition) is 7. The summed E-state index contributed by atoms with van der Waals surface area (Å²) in [4.78, 5) is 32.3. The number of nitrogens with zero attached hydrogens (tertiary/aromatic N) is 2. The average molecular weight is 468 g/mol. The molecule has 1 aliphatic rings. The number of nitrogens with one attached hydrogen (secondary N) is 3. The normalized spacial score (nSPS) is 13.2. The minimum absolute atomic E-state index is 0.0850. The third-order valence-corrected chi connectivity index (χ3v) is 5.47. The summed E-state index contributed by atoms with van der Waals surface area (Å²) in [5.41, 5.74) is 1.60. The predicted octanol–water partition coefficient (Wildman–Crippen LogP) is 3.54. The van der Waals surface area contributed by atoms with Crippen molar-refractivity contribution in [3.05, 3.63) is 48.5 Å². The van der Waals surface area contributed by atoms with Gasteiger partial charge in [-0.15, -0.1) is 0 Å². The van der Waals surface area contributed by atoms with Crippen LogP contribution < -0.4 is 20.7 Å². The van der Waals surface area contributed by atoms with Gasteiger partial charge in [0.2, 0.25) is 11.8 Å². The first kappa shape index (κ1) is 23.4. The quantitative estimate of drug-likeness (QED) is 0.309. The molecule has 10 heteroatoms. The minimum atomic E-state index is -0.569. The molecule has 0 bridgehead atoms. The second-order valence-electron chi connectivity index (χ2n) is 7.96. The summed E-state index contributed by atoms with van der Waals surface area (Å²) in [6, 6.07) is 10.2. The van der Waals surface area contributed by atoms with Crippen molar-refractivity contribution < 1.29 is 23.5 Å². The van der Waals surface area contributed by atoms with Crippen molar-refractivity contribution in [1.29, 1.82) is 0 Å². The van der Waals surface area contributed by atoms with E-state index in [0.717, 1.165) is 19.3 Å². The molecule has 1 heterocycles. The van der Waals surface area contributed by atoms with E-state index >= 15 is 4.39 Å². The summed E-state index contributed by atoms with van der Waals surface area (Å²) in [7, 11) is 1.54. The Morgan fingerprint density at radius 2 is 1.79 bits per heavy atom. The van der Waals surface area contributed by atoms with E-state index in [9.17, 15) is 9.59 Å². The molecule has 34 heavy (non-hydrogen) atoms. The van der Waals surface area contributed by atoms with E-state index in [1.165, 1.54) is 12.4 Å². The van der Waals surface area contributed by atoms with Crippen molar-refractivity contribution in [2.75, 3.05) is 31.0 Å². The van der Waals surface area contributed by atoms with Crippen LogP contribution >= 0.6 is 0 Å². The molecule has 3 aromatic rings. The van der Waals surface area contributed by atoms with Gasteiger partial charge in [-0.25, -0.2) is 14.4 Å². The highest BCUT2D eigenvalue weighted by Crippen LogP contribution is 2.31. The van der Waals surface area contributed by atoms with Crippen molar-refractivity contribution in [2.45, 2.75) is 31.7 Å². The monoisotopic (exact) mass is 467 g/mol. The fourth-order valence-corrected chi connectivity index (χ4v) is 3.49.